The van der Waals surface area contributed by atoms with Gasteiger partial charge in [-0.3, -0.25) is 0 Å². The molecule has 0 bridgehead atoms. The molecular formula is C13H9BrCl2MgO. The van der Waals surface area contributed by atoms with Gasteiger partial charge in [-0.2, -0.15) is 30.3 Å². The van der Waals surface area contributed by atoms with Gasteiger partial charge in [0.15, 0.2) is 5.75 Å². The van der Waals surface area contributed by atoms with Crippen molar-refractivity contribution >= 4 is 46.3 Å². The fourth-order valence-corrected chi connectivity index (χ4v) is 1.80. The van der Waals surface area contributed by atoms with Crippen molar-refractivity contribution in [3.8, 4) is 5.75 Å². The first kappa shape index (κ1) is 18.1. The molecule has 2 rings (SSSR count). The zero-order chi connectivity index (χ0) is 11.4. The number of hydrogen-bond acceptors (Lipinski definition) is 1. The van der Waals surface area contributed by atoms with Gasteiger partial charge < -0.3 is 21.7 Å². The standard InChI is InChI=1S/C13H9Cl2O.BrH.Mg/c14-11-7-4-8-12(15)13(11)16-9-10-5-2-1-3-6-10;;/h1-2,4-8H,9H2;1H;/q-1;;+2/p-1. The van der Waals surface area contributed by atoms with Crippen LogP contribution in [0.15, 0.2) is 42.5 Å². The van der Waals surface area contributed by atoms with Gasteiger partial charge in [-0.1, -0.05) is 29.3 Å². The van der Waals surface area contributed by atoms with Crippen LogP contribution in [-0.4, -0.2) is 23.1 Å². The van der Waals surface area contributed by atoms with E-state index in [0.29, 0.717) is 22.4 Å². The van der Waals surface area contributed by atoms with E-state index in [1.165, 1.54) is 0 Å². The van der Waals surface area contributed by atoms with E-state index in [2.05, 4.69) is 6.07 Å². The van der Waals surface area contributed by atoms with E-state index in [-0.39, 0.29) is 40.0 Å². The van der Waals surface area contributed by atoms with Crippen molar-refractivity contribution in [3.63, 3.8) is 0 Å². The minimum absolute atomic E-state index is 0. The number of benzene rings is 2. The van der Waals surface area contributed by atoms with Crippen molar-refractivity contribution in [1.29, 1.82) is 0 Å². The number of rotatable bonds is 3. The molecule has 0 aliphatic heterocycles. The second kappa shape index (κ2) is 9.05. The average Bonchev–Trinajstić information content (AvgIpc) is 2.30. The predicted molar refractivity (Wildman–Crippen MR) is 71.8 cm³/mol. The first-order chi connectivity index (χ1) is 7.77. The first-order valence-corrected chi connectivity index (χ1v) is 5.55. The van der Waals surface area contributed by atoms with Crippen LogP contribution < -0.4 is 21.7 Å². The van der Waals surface area contributed by atoms with Crippen molar-refractivity contribution in [2.45, 2.75) is 6.61 Å². The Morgan fingerprint density at radius 1 is 1.06 bits per heavy atom. The number of hydrogen-bond donors (Lipinski definition) is 0. The van der Waals surface area contributed by atoms with Gasteiger partial charge in [-0.25, -0.2) is 0 Å². The molecule has 2 aromatic carbocycles. The molecule has 90 valence electrons. The van der Waals surface area contributed by atoms with Crippen LogP contribution in [0.1, 0.15) is 5.56 Å². The number of halogens is 3. The third-order valence-electron chi connectivity index (χ3n) is 2.07. The maximum atomic E-state index is 5.98. The Labute approximate surface area is 143 Å². The summed E-state index contributed by atoms with van der Waals surface area (Å²) in [7, 11) is 0. The van der Waals surface area contributed by atoms with Gasteiger partial charge in [-0.05, 0) is 12.1 Å². The molecule has 0 spiro atoms. The molecule has 0 aliphatic carbocycles. The van der Waals surface area contributed by atoms with Crippen LogP contribution >= 0.6 is 23.2 Å². The summed E-state index contributed by atoms with van der Waals surface area (Å²) in [5, 5.41) is 1.04. The minimum atomic E-state index is 0. The van der Waals surface area contributed by atoms with Crippen LogP contribution in [0.4, 0.5) is 0 Å². The monoisotopic (exact) mass is 354 g/mol. The Morgan fingerprint density at radius 3 is 2.28 bits per heavy atom. The van der Waals surface area contributed by atoms with Crippen LogP contribution in [0.3, 0.4) is 0 Å². The van der Waals surface area contributed by atoms with Gasteiger partial charge >= 0.3 is 23.1 Å². The van der Waals surface area contributed by atoms with Crippen molar-refractivity contribution in [1.82, 2.24) is 0 Å². The number of para-hydroxylation sites is 1. The molecule has 0 saturated heterocycles. The van der Waals surface area contributed by atoms with Gasteiger partial charge in [-0.15, -0.1) is 5.56 Å². The van der Waals surface area contributed by atoms with E-state index in [9.17, 15) is 0 Å². The van der Waals surface area contributed by atoms with E-state index in [4.69, 9.17) is 27.9 Å². The van der Waals surface area contributed by atoms with E-state index in [1.807, 2.05) is 24.3 Å². The maximum Gasteiger partial charge on any atom is 2.00 e. The minimum Gasteiger partial charge on any atom is -1.00 e. The van der Waals surface area contributed by atoms with Gasteiger partial charge in [0.1, 0.15) is 0 Å². The van der Waals surface area contributed by atoms with Gasteiger partial charge in [0.2, 0.25) is 0 Å². The smallest absolute Gasteiger partial charge is 1.00 e. The molecule has 0 fully saturated rings. The Hall–Kier alpha value is 0.0662. The van der Waals surface area contributed by atoms with Crippen LogP contribution in [0.5, 0.6) is 5.75 Å². The van der Waals surface area contributed by atoms with Crippen molar-refractivity contribution in [3.05, 3.63) is 64.1 Å². The van der Waals surface area contributed by atoms with Gasteiger partial charge in [0.05, 0.1) is 16.7 Å². The zero-order valence-corrected chi connectivity index (χ0v) is 14.0. The molecule has 0 atom stereocenters. The zero-order valence-electron chi connectivity index (χ0n) is 9.50. The molecular weight excluding hydrogens is 347 g/mol. The molecule has 0 aliphatic rings. The molecule has 5 heteroatoms. The van der Waals surface area contributed by atoms with Crippen LogP contribution in [0.25, 0.3) is 0 Å². The quantitative estimate of drug-likeness (QED) is 0.589. The number of ether oxygens (including phenoxy) is 1. The second-order valence-electron chi connectivity index (χ2n) is 3.25. The summed E-state index contributed by atoms with van der Waals surface area (Å²) < 4.78 is 5.57. The molecule has 0 radical (unpaired) electrons. The van der Waals surface area contributed by atoms with Crippen LogP contribution in [-0.2, 0) is 6.61 Å². The molecule has 0 heterocycles. The van der Waals surface area contributed by atoms with Gasteiger partial charge in [0.25, 0.3) is 0 Å². The molecule has 1 nitrogen and oxygen atoms in total. The summed E-state index contributed by atoms with van der Waals surface area (Å²) in [4.78, 5) is 0. The molecule has 0 amide bonds. The average molecular weight is 356 g/mol. The maximum absolute atomic E-state index is 5.98. The Balaban J connectivity index is 0.00000144. The van der Waals surface area contributed by atoms with E-state index in [1.54, 1.807) is 18.2 Å². The molecule has 18 heavy (non-hydrogen) atoms. The molecule has 0 saturated carbocycles. The fourth-order valence-electron chi connectivity index (χ4n) is 1.30. The van der Waals surface area contributed by atoms with Crippen molar-refractivity contribution in [2.75, 3.05) is 0 Å². The van der Waals surface area contributed by atoms with Crippen LogP contribution in [0.2, 0.25) is 10.0 Å². The third kappa shape index (κ3) is 4.98. The third-order valence-corrected chi connectivity index (χ3v) is 2.67. The van der Waals surface area contributed by atoms with E-state index >= 15 is 0 Å². The molecule has 0 unspecified atom stereocenters. The largest absolute Gasteiger partial charge is 2.00 e. The van der Waals surface area contributed by atoms with E-state index in [0.717, 1.165) is 5.56 Å². The summed E-state index contributed by atoms with van der Waals surface area (Å²) in [5.41, 5.74) is 1.03. The van der Waals surface area contributed by atoms with Crippen LogP contribution in [0, 0.1) is 6.07 Å². The summed E-state index contributed by atoms with van der Waals surface area (Å²) in [6, 6.07) is 15.8. The summed E-state index contributed by atoms with van der Waals surface area (Å²) in [5.74, 6) is 0.523. The van der Waals surface area contributed by atoms with E-state index < -0.39 is 0 Å². The summed E-state index contributed by atoms with van der Waals surface area (Å²) in [6.45, 7) is 0.431. The first-order valence-electron chi connectivity index (χ1n) is 4.79. The Bertz CT molecular complexity index is 459. The second-order valence-corrected chi connectivity index (χ2v) is 4.07. The summed E-state index contributed by atoms with van der Waals surface area (Å²) >= 11 is 12.0. The predicted octanol–water partition coefficient (Wildman–Crippen LogP) is 0.996. The van der Waals surface area contributed by atoms with Gasteiger partial charge in [0, 0.05) is 0 Å². The Morgan fingerprint density at radius 2 is 1.72 bits per heavy atom. The fraction of sp³-hybridized carbons (Fsp3) is 0.0769. The normalized spacial score (nSPS) is 9.00. The van der Waals surface area contributed by atoms with Crippen molar-refractivity contribution < 1.29 is 21.7 Å². The summed E-state index contributed by atoms with van der Waals surface area (Å²) in [6.07, 6.45) is 0. The van der Waals surface area contributed by atoms with Crippen molar-refractivity contribution in [2.24, 2.45) is 0 Å². The molecule has 0 N–H and O–H groups in total. The topological polar surface area (TPSA) is 9.23 Å². The SMILES string of the molecule is Clc1cccc(Cl)c1OCc1c[c-]ccc1.[Br-].[Mg+2]. The Kier molecular flexibility index (Phi) is 9.08. The molecule has 2 aromatic rings. The molecule has 0 aromatic heterocycles.